The highest BCUT2D eigenvalue weighted by atomic mass is 32.1. The molecule has 0 aliphatic carbocycles. The fourth-order valence-corrected chi connectivity index (χ4v) is 4.42. The van der Waals surface area contributed by atoms with Gasteiger partial charge in [-0.3, -0.25) is 14.5 Å². The highest BCUT2D eigenvalue weighted by molar-refractivity contribution is 7.80. The van der Waals surface area contributed by atoms with Crippen molar-refractivity contribution >= 4 is 51.9 Å². The average molecular weight is 458 g/mol. The number of nitrogens with zero attached hydrogens (tertiary/aromatic N) is 2. The van der Waals surface area contributed by atoms with Crippen LogP contribution in [0.4, 0.5) is 20.2 Å². The van der Waals surface area contributed by atoms with E-state index in [-0.39, 0.29) is 17.4 Å². The molecule has 0 spiro atoms. The van der Waals surface area contributed by atoms with E-state index in [4.69, 9.17) is 12.2 Å². The normalized spacial score (nSPS) is 16.1. The maximum atomic E-state index is 13.4. The van der Waals surface area contributed by atoms with E-state index < -0.39 is 23.6 Å². The smallest absolute Gasteiger partial charge is 0.256 e. The molecule has 1 aromatic heterocycles. The van der Waals surface area contributed by atoms with Crippen molar-refractivity contribution in [3.05, 3.63) is 82.6 Å². The number of halogens is 2. The van der Waals surface area contributed by atoms with Gasteiger partial charge < -0.3 is 10.2 Å². The molecule has 4 rings (SSSR count). The van der Waals surface area contributed by atoms with Crippen molar-refractivity contribution in [3.8, 4) is 0 Å². The van der Waals surface area contributed by atoms with Gasteiger partial charge in [0, 0.05) is 10.6 Å². The topological polar surface area (TPSA) is 52.7 Å². The van der Waals surface area contributed by atoms with E-state index in [0.717, 1.165) is 4.88 Å². The van der Waals surface area contributed by atoms with Crippen LogP contribution in [0.15, 0.2) is 66.0 Å². The number of anilines is 2. The molecule has 1 fully saturated rings. The van der Waals surface area contributed by atoms with Gasteiger partial charge in [0.05, 0.1) is 18.7 Å². The summed E-state index contributed by atoms with van der Waals surface area (Å²) in [7, 11) is 0. The summed E-state index contributed by atoms with van der Waals surface area (Å²) in [5.74, 6) is -1.59. The average Bonchev–Trinajstić information content (AvgIpc) is 3.33. The fourth-order valence-electron chi connectivity index (χ4n) is 3.33. The molecular formula is C22H17F2N3O2S2. The molecule has 2 aromatic carbocycles. The Morgan fingerprint density at radius 3 is 2.29 bits per heavy atom. The second-order valence-electron chi connectivity index (χ2n) is 6.91. The zero-order chi connectivity index (χ0) is 22.0. The largest absolute Gasteiger partial charge is 0.331 e. The lowest BCUT2D eigenvalue weighted by Crippen LogP contribution is -2.37. The third-order valence-corrected chi connectivity index (χ3v) is 6.09. The van der Waals surface area contributed by atoms with Gasteiger partial charge in [-0.25, -0.2) is 8.78 Å². The Labute approximate surface area is 186 Å². The van der Waals surface area contributed by atoms with Gasteiger partial charge in [-0.1, -0.05) is 6.07 Å². The lowest BCUT2D eigenvalue weighted by atomic mass is 10.1. The monoisotopic (exact) mass is 457 g/mol. The van der Waals surface area contributed by atoms with E-state index in [1.54, 1.807) is 4.90 Å². The predicted molar refractivity (Wildman–Crippen MR) is 120 cm³/mol. The van der Waals surface area contributed by atoms with Crippen LogP contribution in [0.5, 0.6) is 0 Å². The maximum absolute atomic E-state index is 13.4. The van der Waals surface area contributed by atoms with Gasteiger partial charge in [0.1, 0.15) is 17.7 Å². The summed E-state index contributed by atoms with van der Waals surface area (Å²) in [5.41, 5.74) is 0.869. The number of nitrogens with one attached hydrogen (secondary N) is 1. The van der Waals surface area contributed by atoms with E-state index in [2.05, 4.69) is 5.32 Å². The molecule has 2 amide bonds. The second-order valence-corrected chi connectivity index (χ2v) is 8.31. The lowest BCUT2D eigenvalue weighted by Gasteiger charge is -2.23. The zero-order valence-corrected chi connectivity index (χ0v) is 17.8. The Morgan fingerprint density at radius 2 is 1.68 bits per heavy atom. The van der Waals surface area contributed by atoms with Gasteiger partial charge >= 0.3 is 0 Å². The van der Waals surface area contributed by atoms with Crippen LogP contribution in [0.1, 0.15) is 11.3 Å². The van der Waals surface area contributed by atoms with Crippen molar-refractivity contribution in [2.75, 3.05) is 10.2 Å². The van der Waals surface area contributed by atoms with Crippen LogP contribution in [0.3, 0.4) is 0 Å². The summed E-state index contributed by atoms with van der Waals surface area (Å²) in [6, 6.07) is 13.8. The van der Waals surface area contributed by atoms with Crippen LogP contribution < -0.4 is 10.2 Å². The molecule has 31 heavy (non-hydrogen) atoms. The van der Waals surface area contributed by atoms with Crippen LogP contribution in [0.25, 0.3) is 0 Å². The number of amides is 2. The number of rotatable bonds is 6. The number of hydrogen-bond donors (Lipinski definition) is 1. The molecule has 9 heteroatoms. The SMILES string of the molecule is O=C(CC1C(=O)N(c2ccc(F)cc2)C(=S)N1Cc1cccs1)Nc1ccc(F)cc1. The molecule has 1 aliphatic heterocycles. The maximum Gasteiger partial charge on any atom is 0.256 e. The minimum absolute atomic E-state index is 0.139. The summed E-state index contributed by atoms with van der Waals surface area (Å²) >= 11 is 7.09. The third kappa shape index (κ3) is 4.62. The standard InChI is InChI=1S/C22H17F2N3O2S2/c23-14-3-7-16(8-4-14)25-20(28)12-19-21(29)27(17-9-5-15(24)6-10-17)22(30)26(19)13-18-2-1-11-31-18/h1-11,19H,12-13H2,(H,25,28). The minimum atomic E-state index is -0.819. The molecule has 0 radical (unpaired) electrons. The molecular weight excluding hydrogens is 440 g/mol. The number of carbonyl (C=O) groups is 2. The molecule has 0 saturated carbocycles. The van der Waals surface area contributed by atoms with E-state index >= 15 is 0 Å². The van der Waals surface area contributed by atoms with Crippen molar-refractivity contribution in [3.63, 3.8) is 0 Å². The van der Waals surface area contributed by atoms with E-state index in [1.807, 2.05) is 17.5 Å². The lowest BCUT2D eigenvalue weighted by molar-refractivity contribution is -0.124. The summed E-state index contributed by atoms with van der Waals surface area (Å²) in [5, 5.41) is 4.85. The van der Waals surface area contributed by atoms with E-state index in [9.17, 15) is 18.4 Å². The first-order valence-electron chi connectivity index (χ1n) is 9.40. The van der Waals surface area contributed by atoms with E-state index in [1.165, 1.54) is 64.8 Å². The molecule has 3 aromatic rings. The molecule has 1 aliphatic rings. The molecule has 1 saturated heterocycles. The minimum Gasteiger partial charge on any atom is -0.331 e. The van der Waals surface area contributed by atoms with Gasteiger partial charge in [0.15, 0.2) is 5.11 Å². The Balaban J connectivity index is 1.58. The molecule has 5 nitrogen and oxygen atoms in total. The summed E-state index contributed by atoms with van der Waals surface area (Å²) < 4.78 is 26.5. The summed E-state index contributed by atoms with van der Waals surface area (Å²) in [4.78, 5) is 29.9. The van der Waals surface area contributed by atoms with Crippen molar-refractivity contribution in [2.24, 2.45) is 0 Å². The molecule has 1 unspecified atom stereocenters. The van der Waals surface area contributed by atoms with E-state index in [0.29, 0.717) is 17.9 Å². The number of benzene rings is 2. The summed E-state index contributed by atoms with van der Waals surface area (Å²) in [6.45, 7) is 0.369. The molecule has 0 bridgehead atoms. The quantitative estimate of drug-likeness (QED) is 0.552. The highest BCUT2D eigenvalue weighted by Crippen LogP contribution is 2.29. The zero-order valence-electron chi connectivity index (χ0n) is 16.1. The molecule has 2 heterocycles. The highest BCUT2D eigenvalue weighted by Gasteiger charge is 2.44. The van der Waals surface area contributed by atoms with Gasteiger partial charge in [-0.2, -0.15) is 0 Å². The number of hydrogen-bond acceptors (Lipinski definition) is 4. The van der Waals surface area contributed by atoms with Gasteiger partial charge in [0.25, 0.3) is 5.91 Å². The van der Waals surface area contributed by atoms with Crippen molar-refractivity contribution in [2.45, 2.75) is 19.0 Å². The van der Waals surface area contributed by atoms with Gasteiger partial charge in [-0.05, 0) is 72.2 Å². The Hall–Kier alpha value is -3.17. The Morgan fingerprint density at radius 1 is 1.03 bits per heavy atom. The van der Waals surface area contributed by atoms with Crippen molar-refractivity contribution in [1.29, 1.82) is 0 Å². The van der Waals surface area contributed by atoms with Gasteiger partial charge in [0.2, 0.25) is 5.91 Å². The van der Waals surface area contributed by atoms with Crippen LogP contribution in [0.2, 0.25) is 0 Å². The second kappa shape index (κ2) is 8.91. The molecule has 158 valence electrons. The molecule has 1 N–H and O–H groups in total. The Kier molecular flexibility index (Phi) is 6.06. The molecule has 1 atom stereocenters. The fraction of sp³-hybridized carbons (Fsp3) is 0.136. The number of thiocarbonyl (C=S) groups is 1. The predicted octanol–water partition coefficient (Wildman–Crippen LogP) is 4.56. The third-order valence-electron chi connectivity index (χ3n) is 4.82. The number of thiophene rings is 1. The van der Waals surface area contributed by atoms with Crippen molar-refractivity contribution < 1.29 is 18.4 Å². The Bertz CT molecular complexity index is 1100. The van der Waals surface area contributed by atoms with Crippen LogP contribution in [-0.2, 0) is 16.1 Å². The first kappa shape index (κ1) is 21.1. The van der Waals surface area contributed by atoms with Crippen LogP contribution in [-0.4, -0.2) is 27.9 Å². The first-order valence-corrected chi connectivity index (χ1v) is 10.7. The summed E-state index contributed by atoms with van der Waals surface area (Å²) in [6.07, 6.45) is -0.139. The van der Waals surface area contributed by atoms with Gasteiger partial charge in [-0.15, -0.1) is 11.3 Å². The van der Waals surface area contributed by atoms with Crippen LogP contribution in [0, 0.1) is 11.6 Å². The number of carbonyl (C=O) groups excluding carboxylic acids is 2. The van der Waals surface area contributed by atoms with Crippen molar-refractivity contribution in [1.82, 2.24) is 4.90 Å². The first-order chi connectivity index (χ1) is 14.9. The van der Waals surface area contributed by atoms with Crippen LogP contribution >= 0.6 is 23.6 Å².